The Morgan fingerprint density at radius 2 is 2.05 bits per heavy atom. The first kappa shape index (κ1) is 14.1. The smallest absolute Gasteiger partial charge is 0.377 e. The number of methoxy groups -OCH3 is 1. The summed E-state index contributed by atoms with van der Waals surface area (Å²) in [6, 6.07) is 9.72. The maximum absolute atomic E-state index is 11.7. The second kappa shape index (κ2) is 6.76. The van der Waals surface area contributed by atoms with Crippen LogP contribution in [0.4, 0.5) is 5.13 Å². The standard InChI is InChI=1S/C13H13N3O3S/c1-19-12(18)11-15-13(20-16-11)14-10(17)8-7-9-5-3-2-4-6-9/h2-6H,7-8H2,1H3,(H,14,15,16,17). The molecular weight excluding hydrogens is 278 g/mol. The molecule has 6 nitrogen and oxygen atoms in total. The van der Waals surface area contributed by atoms with Gasteiger partial charge in [0, 0.05) is 18.0 Å². The van der Waals surface area contributed by atoms with Gasteiger partial charge in [-0.2, -0.15) is 9.36 Å². The second-order valence-corrected chi connectivity index (χ2v) is 4.70. The van der Waals surface area contributed by atoms with E-state index in [0.717, 1.165) is 17.1 Å². The van der Waals surface area contributed by atoms with Crippen LogP contribution in [0.1, 0.15) is 22.6 Å². The summed E-state index contributed by atoms with van der Waals surface area (Å²) in [6.07, 6.45) is 0.993. The van der Waals surface area contributed by atoms with E-state index in [1.54, 1.807) is 0 Å². The van der Waals surface area contributed by atoms with Crippen molar-refractivity contribution in [3.05, 3.63) is 41.7 Å². The van der Waals surface area contributed by atoms with Crippen molar-refractivity contribution in [2.45, 2.75) is 12.8 Å². The summed E-state index contributed by atoms with van der Waals surface area (Å²) in [5, 5.41) is 2.90. The highest BCUT2D eigenvalue weighted by Gasteiger charge is 2.14. The van der Waals surface area contributed by atoms with Crippen LogP contribution in [-0.2, 0) is 16.0 Å². The van der Waals surface area contributed by atoms with Gasteiger partial charge in [0.2, 0.25) is 11.0 Å². The molecule has 1 amide bonds. The fourth-order valence-corrected chi connectivity index (χ4v) is 2.11. The van der Waals surface area contributed by atoms with Crippen LogP contribution in [0, 0.1) is 0 Å². The molecule has 0 aliphatic heterocycles. The molecule has 0 bridgehead atoms. The van der Waals surface area contributed by atoms with Crippen LogP contribution in [0.5, 0.6) is 0 Å². The van der Waals surface area contributed by atoms with Gasteiger partial charge in [0.15, 0.2) is 0 Å². The summed E-state index contributed by atoms with van der Waals surface area (Å²) in [6.45, 7) is 0. The molecule has 20 heavy (non-hydrogen) atoms. The third-order valence-corrected chi connectivity index (χ3v) is 3.15. The first-order valence-corrected chi connectivity index (χ1v) is 6.72. The number of ether oxygens (including phenoxy) is 1. The van der Waals surface area contributed by atoms with E-state index in [9.17, 15) is 9.59 Å². The van der Waals surface area contributed by atoms with Gasteiger partial charge in [-0.05, 0) is 12.0 Å². The number of esters is 1. The molecule has 7 heteroatoms. The molecule has 1 aromatic carbocycles. The van der Waals surface area contributed by atoms with Gasteiger partial charge in [-0.3, -0.25) is 4.79 Å². The number of hydrogen-bond donors (Lipinski definition) is 1. The fourth-order valence-electron chi connectivity index (χ4n) is 1.53. The molecule has 104 valence electrons. The van der Waals surface area contributed by atoms with Crippen LogP contribution in [0.3, 0.4) is 0 Å². The zero-order valence-electron chi connectivity index (χ0n) is 10.8. The number of nitrogens with one attached hydrogen (secondary N) is 1. The Bertz CT molecular complexity index is 598. The molecule has 0 saturated heterocycles. The first-order valence-electron chi connectivity index (χ1n) is 5.95. The minimum Gasteiger partial charge on any atom is -0.463 e. The summed E-state index contributed by atoms with van der Waals surface area (Å²) in [7, 11) is 1.25. The average molecular weight is 291 g/mol. The molecule has 2 rings (SSSR count). The monoisotopic (exact) mass is 291 g/mol. The van der Waals surface area contributed by atoms with E-state index in [2.05, 4.69) is 19.4 Å². The summed E-state index contributed by atoms with van der Waals surface area (Å²) in [5.41, 5.74) is 1.09. The number of carbonyl (C=O) groups is 2. The Balaban J connectivity index is 1.85. The van der Waals surface area contributed by atoms with Crippen LogP contribution >= 0.6 is 11.5 Å². The van der Waals surface area contributed by atoms with Crippen LogP contribution in [-0.4, -0.2) is 28.3 Å². The van der Waals surface area contributed by atoms with Gasteiger partial charge in [-0.1, -0.05) is 30.3 Å². The van der Waals surface area contributed by atoms with E-state index >= 15 is 0 Å². The number of hydrogen-bond acceptors (Lipinski definition) is 6. The van der Waals surface area contributed by atoms with Crippen molar-refractivity contribution < 1.29 is 14.3 Å². The van der Waals surface area contributed by atoms with Gasteiger partial charge in [-0.15, -0.1) is 0 Å². The molecule has 0 fully saturated rings. The van der Waals surface area contributed by atoms with E-state index in [4.69, 9.17) is 0 Å². The SMILES string of the molecule is COC(=O)c1nsc(NC(=O)CCc2ccccc2)n1. The van der Waals surface area contributed by atoms with E-state index in [0.29, 0.717) is 18.0 Å². The lowest BCUT2D eigenvalue weighted by molar-refractivity contribution is -0.116. The Morgan fingerprint density at radius 3 is 2.75 bits per heavy atom. The summed E-state index contributed by atoms with van der Waals surface area (Å²) in [5.74, 6) is -0.830. The van der Waals surface area contributed by atoms with Crippen LogP contribution < -0.4 is 5.32 Å². The predicted octanol–water partition coefficient (Wildman–Crippen LogP) is 1.90. The van der Waals surface area contributed by atoms with Crippen molar-refractivity contribution in [3.63, 3.8) is 0 Å². The van der Waals surface area contributed by atoms with E-state index < -0.39 is 5.97 Å². The number of aromatic nitrogens is 2. The van der Waals surface area contributed by atoms with E-state index in [1.807, 2.05) is 30.3 Å². The summed E-state index contributed by atoms with van der Waals surface area (Å²) >= 11 is 0.949. The van der Waals surface area contributed by atoms with E-state index in [-0.39, 0.29) is 11.7 Å². The quantitative estimate of drug-likeness (QED) is 0.851. The molecule has 2 aromatic rings. The molecule has 1 heterocycles. The summed E-state index contributed by atoms with van der Waals surface area (Å²) in [4.78, 5) is 26.8. The molecule has 1 N–H and O–H groups in total. The van der Waals surface area contributed by atoms with E-state index in [1.165, 1.54) is 7.11 Å². The van der Waals surface area contributed by atoms with Gasteiger partial charge in [0.25, 0.3) is 5.82 Å². The minimum atomic E-state index is -0.619. The van der Waals surface area contributed by atoms with Crippen LogP contribution in [0.2, 0.25) is 0 Å². The number of anilines is 1. The lowest BCUT2D eigenvalue weighted by Gasteiger charge is -2.01. The third-order valence-electron chi connectivity index (χ3n) is 2.52. The van der Waals surface area contributed by atoms with Gasteiger partial charge >= 0.3 is 5.97 Å². The number of carbonyl (C=O) groups excluding carboxylic acids is 2. The highest BCUT2D eigenvalue weighted by atomic mass is 32.1. The van der Waals surface area contributed by atoms with Crippen molar-refractivity contribution in [2.24, 2.45) is 0 Å². The molecule has 0 aliphatic rings. The van der Waals surface area contributed by atoms with Crippen molar-refractivity contribution >= 4 is 28.5 Å². The number of rotatable bonds is 5. The largest absolute Gasteiger partial charge is 0.463 e. The predicted molar refractivity (Wildman–Crippen MR) is 74.6 cm³/mol. The van der Waals surface area contributed by atoms with Gasteiger partial charge < -0.3 is 10.1 Å². The topological polar surface area (TPSA) is 81.2 Å². The van der Waals surface area contributed by atoms with Crippen molar-refractivity contribution in [2.75, 3.05) is 12.4 Å². The van der Waals surface area contributed by atoms with Crippen LogP contribution in [0.25, 0.3) is 0 Å². The third kappa shape index (κ3) is 3.86. The average Bonchev–Trinajstić information content (AvgIpc) is 2.94. The van der Waals surface area contributed by atoms with Gasteiger partial charge in [-0.25, -0.2) is 4.79 Å². The van der Waals surface area contributed by atoms with Crippen molar-refractivity contribution in [1.29, 1.82) is 0 Å². The highest BCUT2D eigenvalue weighted by Crippen LogP contribution is 2.12. The maximum Gasteiger partial charge on any atom is 0.377 e. The molecule has 0 saturated carbocycles. The second-order valence-electron chi connectivity index (χ2n) is 3.95. The normalized spacial score (nSPS) is 10.1. The minimum absolute atomic E-state index is 0.0455. The van der Waals surface area contributed by atoms with Crippen molar-refractivity contribution in [3.8, 4) is 0 Å². The Morgan fingerprint density at radius 1 is 1.30 bits per heavy atom. The van der Waals surface area contributed by atoms with Gasteiger partial charge in [0.1, 0.15) is 0 Å². The highest BCUT2D eigenvalue weighted by molar-refractivity contribution is 7.10. The number of amides is 1. The lowest BCUT2D eigenvalue weighted by Crippen LogP contribution is -2.12. The zero-order chi connectivity index (χ0) is 14.4. The summed E-state index contributed by atoms with van der Waals surface area (Å²) < 4.78 is 8.29. The molecular formula is C13H13N3O3S. The fraction of sp³-hybridized carbons (Fsp3) is 0.231. The number of aryl methyl sites for hydroxylation is 1. The zero-order valence-corrected chi connectivity index (χ0v) is 11.6. The Hall–Kier alpha value is -2.28. The first-order chi connectivity index (χ1) is 9.69. The molecule has 0 unspecified atom stereocenters. The molecule has 0 aliphatic carbocycles. The molecule has 0 radical (unpaired) electrons. The Labute approximate surface area is 120 Å². The number of benzene rings is 1. The Kier molecular flexibility index (Phi) is 4.78. The van der Waals surface area contributed by atoms with Gasteiger partial charge in [0.05, 0.1) is 7.11 Å². The van der Waals surface area contributed by atoms with Crippen molar-refractivity contribution in [1.82, 2.24) is 9.36 Å². The lowest BCUT2D eigenvalue weighted by atomic mass is 10.1. The molecule has 1 aromatic heterocycles. The molecule has 0 spiro atoms. The molecule has 0 atom stereocenters. The number of nitrogens with zero attached hydrogens (tertiary/aromatic N) is 2. The van der Waals surface area contributed by atoms with Crippen LogP contribution in [0.15, 0.2) is 30.3 Å². The maximum atomic E-state index is 11.7.